The maximum atomic E-state index is 11.0. The summed E-state index contributed by atoms with van der Waals surface area (Å²) in [4.78, 5) is 0. The molecular formula is C15H24O. The Morgan fingerprint density at radius 1 is 1.25 bits per heavy atom. The smallest absolute Gasteiger partial charge is 0.0890 e. The van der Waals surface area contributed by atoms with Crippen LogP contribution in [0, 0.1) is 22.7 Å². The van der Waals surface area contributed by atoms with Gasteiger partial charge in [0.2, 0.25) is 0 Å². The number of hydrogen-bond acceptors (Lipinski definition) is 1. The van der Waals surface area contributed by atoms with Gasteiger partial charge in [-0.15, -0.1) is 0 Å². The summed E-state index contributed by atoms with van der Waals surface area (Å²) in [7, 11) is 0. The second kappa shape index (κ2) is 2.75. The van der Waals surface area contributed by atoms with E-state index < -0.39 is 5.60 Å². The quantitative estimate of drug-likeness (QED) is 0.670. The summed E-state index contributed by atoms with van der Waals surface area (Å²) < 4.78 is 0. The Kier molecular flexibility index (Phi) is 1.86. The highest BCUT2D eigenvalue weighted by atomic mass is 16.3. The van der Waals surface area contributed by atoms with Gasteiger partial charge in [0.25, 0.3) is 0 Å². The van der Waals surface area contributed by atoms with E-state index in [9.17, 15) is 5.11 Å². The lowest BCUT2D eigenvalue weighted by atomic mass is 9.57. The molecule has 1 nitrogen and oxygen atoms in total. The third-order valence-electron chi connectivity index (χ3n) is 5.77. The molecule has 0 saturated heterocycles. The van der Waals surface area contributed by atoms with Crippen molar-refractivity contribution in [2.75, 3.05) is 0 Å². The van der Waals surface area contributed by atoms with E-state index in [1.165, 1.54) is 31.3 Å². The molecule has 90 valence electrons. The van der Waals surface area contributed by atoms with Crippen LogP contribution in [0.15, 0.2) is 12.2 Å². The van der Waals surface area contributed by atoms with Crippen molar-refractivity contribution in [3.63, 3.8) is 0 Å². The summed E-state index contributed by atoms with van der Waals surface area (Å²) in [5, 5.41) is 11.0. The van der Waals surface area contributed by atoms with Gasteiger partial charge in [-0.05, 0) is 60.3 Å². The molecule has 0 spiro atoms. The van der Waals surface area contributed by atoms with Crippen molar-refractivity contribution in [3.05, 3.63) is 12.2 Å². The molecule has 0 aromatic carbocycles. The van der Waals surface area contributed by atoms with Gasteiger partial charge in [-0.1, -0.05) is 27.4 Å². The average molecular weight is 220 g/mol. The fourth-order valence-corrected chi connectivity index (χ4v) is 4.64. The Labute approximate surface area is 98.9 Å². The van der Waals surface area contributed by atoms with Gasteiger partial charge < -0.3 is 5.11 Å². The molecule has 0 radical (unpaired) electrons. The molecule has 0 aromatic heterocycles. The van der Waals surface area contributed by atoms with Crippen molar-refractivity contribution in [3.8, 4) is 0 Å². The summed E-state index contributed by atoms with van der Waals surface area (Å²) in [6.45, 7) is 11.2. The van der Waals surface area contributed by atoms with E-state index in [1.54, 1.807) is 0 Å². The third-order valence-corrected chi connectivity index (χ3v) is 5.77. The Bertz CT molecular complexity index is 348. The first-order valence-electron chi connectivity index (χ1n) is 6.69. The van der Waals surface area contributed by atoms with E-state index in [0.717, 1.165) is 6.42 Å². The Balaban J connectivity index is 1.82. The maximum absolute atomic E-state index is 11.0. The summed E-state index contributed by atoms with van der Waals surface area (Å²) in [5.74, 6) is 1.10. The molecule has 1 heteroatoms. The zero-order valence-corrected chi connectivity index (χ0v) is 10.8. The zero-order valence-electron chi connectivity index (χ0n) is 10.8. The zero-order chi connectivity index (χ0) is 11.8. The molecule has 16 heavy (non-hydrogen) atoms. The van der Waals surface area contributed by atoms with Crippen LogP contribution in [0.1, 0.15) is 52.9 Å². The summed E-state index contributed by atoms with van der Waals surface area (Å²) in [6.07, 6.45) is 5.86. The summed E-state index contributed by atoms with van der Waals surface area (Å²) >= 11 is 0. The highest BCUT2D eigenvalue weighted by Crippen LogP contribution is 2.67. The lowest BCUT2D eigenvalue weighted by molar-refractivity contribution is -0.0768. The van der Waals surface area contributed by atoms with Gasteiger partial charge in [0.15, 0.2) is 0 Å². The minimum absolute atomic E-state index is 0.381. The Hall–Kier alpha value is -0.300. The third kappa shape index (κ3) is 1.16. The average Bonchev–Trinajstić information content (AvgIpc) is 2.22. The molecule has 3 aliphatic rings. The van der Waals surface area contributed by atoms with Gasteiger partial charge in [0.1, 0.15) is 0 Å². The van der Waals surface area contributed by atoms with Crippen LogP contribution < -0.4 is 0 Å². The lowest BCUT2D eigenvalue weighted by Crippen LogP contribution is -2.48. The van der Waals surface area contributed by atoms with Crippen molar-refractivity contribution < 1.29 is 5.11 Å². The Morgan fingerprint density at radius 2 is 1.88 bits per heavy atom. The van der Waals surface area contributed by atoms with E-state index in [0.29, 0.717) is 22.7 Å². The first kappa shape index (κ1) is 10.8. The van der Waals surface area contributed by atoms with Crippen molar-refractivity contribution in [2.24, 2.45) is 22.7 Å². The summed E-state index contributed by atoms with van der Waals surface area (Å²) in [6, 6.07) is 0. The van der Waals surface area contributed by atoms with Crippen molar-refractivity contribution >= 4 is 0 Å². The molecule has 3 aliphatic carbocycles. The fraction of sp³-hybridized carbons (Fsp3) is 0.867. The minimum atomic E-state index is -0.522. The summed E-state index contributed by atoms with van der Waals surface area (Å²) in [5.41, 5.74) is 1.47. The van der Waals surface area contributed by atoms with E-state index >= 15 is 0 Å². The van der Waals surface area contributed by atoms with Crippen LogP contribution in [0.4, 0.5) is 0 Å². The molecule has 0 amide bonds. The molecule has 1 N–H and O–H groups in total. The first-order valence-corrected chi connectivity index (χ1v) is 6.69. The first-order chi connectivity index (χ1) is 7.27. The second-order valence-corrected chi connectivity index (χ2v) is 7.64. The molecule has 3 atom stereocenters. The van der Waals surface area contributed by atoms with Crippen molar-refractivity contribution in [2.45, 2.75) is 58.5 Å². The molecule has 0 bridgehead atoms. The van der Waals surface area contributed by atoms with Gasteiger partial charge in [0.05, 0.1) is 5.60 Å². The molecule has 3 saturated carbocycles. The molecule has 0 aromatic rings. The standard InChI is InChI=1S/C15H24O/c1-10-12-5-6-14(12,4)9-15(10,16)11-7-13(2,3)8-11/h11-12,16H,1,5-9H2,2-4H3/t12-,14+,15+/m1/s1. The number of fused-ring (bicyclic) bond motifs is 1. The van der Waals surface area contributed by atoms with Gasteiger partial charge in [-0.3, -0.25) is 0 Å². The van der Waals surface area contributed by atoms with Crippen LogP contribution >= 0.6 is 0 Å². The van der Waals surface area contributed by atoms with Crippen LogP contribution in [0.5, 0.6) is 0 Å². The highest BCUT2D eigenvalue weighted by Gasteiger charge is 2.63. The van der Waals surface area contributed by atoms with E-state index in [4.69, 9.17) is 0 Å². The van der Waals surface area contributed by atoms with Gasteiger partial charge in [-0.25, -0.2) is 0 Å². The molecular weight excluding hydrogens is 196 g/mol. The monoisotopic (exact) mass is 220 g/mol. The van der Waals surface area contributed by atoms with Gasteiger partial charge in [0, 0.05) is 0 Å². The highest BCUT2D eigenvalue weighted by molar-refractivity contribution is 5.32. The van der Waals surface area contributed by atoms with Crippen LogP contribution in [0.3, 0.4) is 0 Å². The minimum Gasteiger partial charge on any atom is -0.385 e. The number of aliphatic hydroxyl groups is 1. The van der Waals surface area contributed by atoms with Crippen LogP contribution in [-0.4, -0.2) is 10.7 Å². The predicted molar refractivity (Wildman–Crippen MR) is 66.0 cm³/mol. The van der Waals surface area contributed by atoms with Crippen molar-refractivity contribution in [1.82, 2.24) is 0 Å². The van der Waals surface area contributed by atoms with Crippen LogP contribution in [0.25, 0.3) is 0 Å². The normalized spacial score (nSPS) is 50.8. The van der Waals surface area contributed by atoms with E-state index in [2.05, 4.69) is 27.4 Å². The molecule has 3 fully saturated rings. The van der Waals surface area contributed by atoms with Gasteiger partial charge in [-0.2, -0.15) is 0 Å². The van der Waals surface area contributed by atoms with E-state index in [1.807, 2.05) is 0 Å². The van der Waals surface area contributed by atoms with Crippen molar-refractivity contribution in [1.29, 1.82) is 0 Å². The van der Waals surface area contributed by atoms with Crippen LogP contribution in [-0.2, 0) is 0 Å². The van der Waals surface area contributed by atoms with E-state index in [-0.39, 0.29) is 0 Å². The topological polar surface area (TPSA) is 20.2 Å². The second-order valence-electron chi connectivity index (χ2n) is 7.64. The van der Waals surface area contributed by atoms with Gasteiger partial charge >= 0.3 is 0 Å². The van der Waals surface area contributed by atoms with Crippen LogP contribution in [0.2, 0.25) is 0 Å². The molecule has 3 rings (SSSR count). The maximum Gasteiger partial charge on any atom is 0.0890 e. The fourth-order valence-electron chi connectivity index (χ4n) is 4.64. The molecule has 0 unspecified atom stereocenters. The molecule has 0 heterocycles. The largest absolute Gasteiger partial charge is 0.385 e. The lowest BCUT2D eigenvalue weighted by Gasteiger charge is -2.50. The number of rotatable bonds is 1. The molecule has 0 aliphatic heterocycles. The SMILES string of the molecule is C=C1[C@H]2CC[C@@]2(C)C[C@@]1(O)C1CC(C)(C)C1. The predicted octanol–water partition coefficient (Wildman–Crippen LogP) is 3.53. The Morgan fingerprint density at radius 3 is 2.19 bits per heavy atom. The number of hydrogen-bond donors (Lipinski definition) is 1.